The average molecular weight is 429 g/mol. The zero-order chi connectivity index (χ0) is 20.9. The minimum atomic E-state index is -3.76. The molecule has 0 N–H and O–H groups in total. The Morgan fingerprint density at radius 1 is 1.18 bits per heavy atom. The van der Waals surface area contributed by atoms with Crippen LogP contribution in [-0.2, 0) is 24.7 Å². The van der Waals surface area contributed by atoms with Crippen molar-refractivity contribution in [3.63, 3.8) is 0 Å². The van der Waals surface area contributed by atoms with Gasteiger partial charge in [-0.1, -0.05) is 0 Å². The summed E-state index contributed by atoms with van der Waals surface area (Å²) in [5, 5.41) is 0. The summed E-state index contributed by atoms with van der Waals surface area (Å²) in [4.78, 5) is 26.8. The van der Waals surface area contributed by atoms with Gasteiger partial charge < -0.3 is 4.90 Å². The minimum absolute atomic E-state index is 0.0414. The first-order valence-electron chi connectivity index (χ1n) is 9.07. The topological polar surface area (TPSA) is 109 Å². The van der Waals surface area contributed by atoms with E-state index in [2.05, 4.69) is 0 Å². The summed E-state index contributed by atoms with van der Waals surface area (Å²) in [6, 6.07) is 5.45. The van der Waals surface area contributed by atoms with Crippen molar-refractivity contribution >= 4 is 37.4 Å². The molecule has 2 saturated heterocycles. The van der Waals surface area contributed by atoms with Gasteiger partial charge in [-0.25, -0.2) is 21.1 Å². The highest BCUT2D eigenvalue weighted by molar-refractivity contribution is 7.94. The molecule has 1 aromatic carbocycles. The number of benzene rings is 1. The number of amides is 2. The van der Waals surface area contributed by atoms with E-state index in [9.17, 15) is 26.4 Å². The predicted molar refractivity (Wildman–Crippen MR) is 105 cm³/mol. The number of hydrogen-bond donors (Lipinski definition) is 0. The van der Waals surface area contributed by atoms with E-state index in [-0.39, 0.29) is 34.9 Å². The molecule has 2 fully saturated rings. The van der Waals surface area contributed by atoms with E-state index >= 15 is 0 Å². The van der Waals surface area contributed by atoms with Crippen LogP contribution in [0.2, 0.25) is 0 Å². The molecule has 2 aliphatic heterocycles. The minimum Gasteiger partial charge on any atom is -0.335 e. The summed E-state index contributed by atoms with van der Waals surface area (Å²) in [5.74, 6) is -1.05. The van der Waals surface area contributed by atoms with Crippen LogP contribution < -0.4 is 4.31 Å². The Morgan fingerprint density at radius 3 is 2.21 bits per heavy atom. The molecule has 0 aromatic heterocycles. The van der Waals surface area contributed by atoms with Crippen LogP contribution >= 0.6 is 0 Å². The van der Waals surface area contributed by atoms with Crippen molar-refractivity contribution in [2.24, 2.45) is 5.41 Å². The molecule has 0 aliphatic carbocycles. The third kappa shape index (κ3) is 3.67. The molecule has 8 nitrogen and oxygen atoms in total. The van der Waals surface area contributed by atoms with Gasteiger partial charge in [-0.15, -0.1) is 0 Å². The summed E-state index contributed by atoms with van der Waals surface area (Å²) in [5.41, 5.74) is -0.489. The monoisotopic (exact) mass is 428 g/mol. The van der Waals surface area contributed by atoms with E-state index in [0.717, 1.165) is 4.31 Å². The van der Waals surface area contributed by atoms with Crippen LogP contribution in [-0.4, -0.2) is 63.4 Å². The van der Waals surface area contributed by atoms with Crippen molar-refractivity contribution in [1.82, 2.24) is 4.90 Å². The molecule has 10 heteroatoms. The Labute approximate surface area is 165 Å². The lowest BCUT2D eigenvalue weighted by molar-refractivity contribution is -0.123. The number of sulfonamides is 1. The zero-order valence-electron chi connectivity index (χ0n) is 16.1. The van der Waals surface area contributed by atoms with Crippen LogP contribution in [0.3, 0.4) is 0 Å². The fourth-order valence-corrected chi connectivity index (χ4v) is 7.59. The molecule has 0 bridgehead atoms. The standard InChI is InChI=1S/C18H24N2O6S2/c1-4-19(15-9-10-27(23,24)11-15)16(21)13-5-7-14(8-6-13)20-17(22)18(2,3)12-28(20,25)26/h5-8,15H,4,9-12H2,1-3H3. The normalized spacial score (nSPS) is 25.0. The molecular formula is C18H24N2O6S2. The molecule has 0 saturated carbocycles. The molecule has 1 aromatic rings. The second-order valence-electron chi connectivity index (χ2n) is 7.90. The number of anilines is 1. The van der Waals surface area contributed by atoms with Crippen LogP contribution in [0.4, 0.5) is 5.69 Å². The maximum absolute atomic E-state index is 12.8. The van der Waals surface area contributed by atoms with Gasteiger partial charge in [-0.2, -0.15) is 0 Å². The summed E-state index contributed by atoms with van der Waals surface area (Å²) in [6.07, 6.45) is 0.412. The molecule has 0 radical (unpaired) electrons. The van der Waals surface area contributed by atoms with Crippen LogP contribution in [0.1, 0.15) is 37.6 Å². The molecule has 2 heterocycles. The Morgan fingerprint density at radius 2 is 1.79 bits per heavy atom. The third-order valence-electron chi connectivity index (χ3n) is 5.18. The Kier molecular flexibility index (Phi) is 5.08. The number of rotatable bonds is 4. The van der Waals surface area contributed by atoms with E-state index in [4.69, 9.17) is 0 Å². The smallest absolute Gasteiger partial charge is 0.254 e. The summed E-state index contributed by atoms with van der Waals surface area (Å²) in [6.45, 7) is 5.32. The van der Waals surface area contributed by atoms with Gasteiger partial charge in [-0.05, 0) is 51.5 Å². The molecule has 154 valence electrons. The molecule has 2 amide bonds. The maximum Gasteiger partial charge on any atom is 0.254 e. The van der Waals surface area contributed by atoms with E-state index < -0.39 is 31.2 Å². The average Bonchev–Trinajstić information content (AvgIpc) is 3.01. The number of hydrogen-bond acceptors (Lipinski definition) is 6. The molecule has 3 rings (SSSR count). The molecule has 28 heavy (non-hydrogen) atoms. The lowest BCUT2D eigenvalue weighted by Crippen LogP contribution is -2.41. The summed E-state index contributed by atoms with van der Waals surface area (Å²) < 4.78 is 49.0. The number of sulfone groups is 1. The van der Waals surface area contributed by atoms with Gasteiger partial charge in [0.05, 0.1) is 28.4 Å². The molecular weight excluding hydrogens is 404 g/mol. The fraction of sp³-hybridized carbons (Fsp3) is 0.556. The van der Waals surface area contributed by atoms with Crippen molar-refractivity contribution in [2.45, 2.75) is 33.2 Å². The number of carbonyl (C=O) groups excluding carboxylic acids is 2. The van der Waals surface area contributed by atoms with E-state index in [1.54, 1.807) is 20.8 Å². The second-order valence-corrected chi connectivity index (χ2v) is 12.0. The predicted octanol–water partition coefficient (Wildman–Crippen LogP) is 1.04. The highest BCUT2D eigenvalue weighted by Gasteiger charge is 2.49. The molecule has 1 atom stereocenters. The number of nitrogens with zero attached hydrogens (tertiary/aromatic N) is 2. The molecule has 2 aliphatic rings. The first-order chi connectivity index (χ1) is 12.9. The summed E-state index contributed by atoms with van der Waals surface area (Å²) in [7, 11) is -6.87. The first-order valence-corrected chi connectivity index (χ1v) is 12.5. The Balaban J connectivity index is 1.84. The lowest BCUT2D eigenvalue weighted by atomic mass is 9.95. The van der Waals surface area contributed by atoms with Crippen molar-refractivity contribution in [2.75, 3.05) is 28.1 Å². The van der Waals surface area contributed by atoms with E-state index in [1.807, 2.05) is 0 Å². The van der Waals surface area contributed by atoms with Gasteiger partial charge in [0.25, 0.3) is 5.91 Å². The second kappa shape index (κ2) is 6.84. The Bertz CT molecular complexity index is 1010. The van der Waals surface area contributed by atoms with Crippen molar-refractivity contribution in [3.8, 4) is 0 Å². The van der Waals surface area contributed by atoms with Gasteiger partial charge in [0, 0.05) is 18.2 Å². The van der Waals surface area contributed by atoms with Crippen LogP contribution in [0.5, 0.6) is 0 Å². The van der Waals surface area contributed by atoms with Crippen LogP contribution in [0, 0.1) is 5.41 Å². The van der Waals surface area contributed by atoms with E-state index in [0.29, 0.717) is 18.5 Å². The largest absolute Gasteiger partial charge is 0.335 e. The highest BCUT2D eigenvalue weighted by Crippen LogP contribution is 2.35. The van der Waals surface area contributed by atoms with Gasteiger partial charge >= 0.3 is 0 Å². The van der Waals surface area contributed by atoms with Gasteiger partial charge in [0.15, 0.2) is 9.84 Å². The summed E-state index contributed by atoms with van der Waals surface area (Å²) >= 11 is 0. The van der Waals surface area contributed by atoms with Crippen molar-refractivity contribution < 1.29 is 26.4 Å². The number of carbonyl (C=O) groups is 2. The third-order valence-corrected chi connectivity index (χ3v) is 8.95. The van der Waals surface area contributed by atoms with Crippen LogP contribution in [0.15, 0.2) is 24.3 Å². The molecule has 1 unspecified atom stereocenters. The zero-order valence-corrected chi connectivity index (χ0v) is 17.7. The van der Waals surface area contributed by atoms with Crippen molar-refractivity contribution in [1.29, 1.82) is 0 Å². The fourth-order valence-electron chi connectivity index (χ4n) is 3.76. The van der Waals surface area contributed by atoms with Gasteiger partial charge in [0.2, 0.25) is 15.9 Å². The Hall–Kier alpha value is -1.94. The SMILES string of the molecule is CCN(C(=O)c1ccc(N2C(=O)C(C)(C)CS2(=O)=O)cc1)C1CCS(=O)(=O)C1. The highest BCUT2D eigenvalue weighted by atomic mass is 32.2. The van der Waals surface area contributed by atoms with Crippen molar-refractivity contribution in [3.05, 3.63) is 29.8 Å². The quantitative estimate of drug-likeness (QED) is 0.709. The van der Waals surface area contributed by atoms with E-state index in [1.165, 1.54) is 29.2 Å². The lowest BCUT2D eigenvalue weighted by Gasteiger charge is -2.27. The first kappa shape index (κ1) is 20.8. The van der Waals surface area contributed by atoms with Gasteiger partial charge in [-0.3, -0.25) is 9.59 Å². The van der Waals surface area contributed by atoms with Crippen LogP contribution in [0.25, 0.3) is 0 Å². The van der Waals surface area contributed by atoms with Gasteiger partial charge in [0.1, 0.15) is 0 Å². The molecule has 0 spiro atoms. The maximum atomic E-state index is 12.8.